The van der Waals surface area contributed by atoms with E-state index in [4.69, 9.17) is 24.2 Å². The Kier molecular flexibility index (Phi) is 1.42. The van der Waals surface area contributed by atoms with Crippen molar-refractivity contribution in [1.29, 1.82) is 1.43 Å². The number of nitrogens with zero attached hydrogens (tertiary/aromatic N) is 1. The van der Waals surface area contributed by atoms with Gasteiger partial charge in [0, 0.05) is 22.1 Å². The maximum absolute atomic E-state index is 13.0. The number of ketones is 1. The van der Waals surface area contributed by atoms with Crippen molar-refractivity contribution < 1.29 is 29.0 Å². The van der Waals surface area contributed by atoms with E-state index in [0.717, 1.165) is 4.90 Å². The Morgan fingerprint density at radius 1 is 1.57 bits per heavy atom. The topological polar surface area (TPSA) is 59.0 Å². The lowest BCUT2D eigenvalue weighted by Crippen LogP contribution is -2.76. The quantitative estimate of drug-likeness (QED) is 0.881. The van der Waals surface area contributed by atoms with Crippen LogP contribution < -0.4 is 9.47 Å². The summed E-state index contributed by atoms with van der Waals surface area (Å²) in [5, 5.41) is 5.31. The first-order valence-corrected chi connectivity index (χ1v) is 7.78. The molecule has 2 aliphatic heterocycles. The molecule has 5 nitrogen and oxygen atoms in total. The van der Waals surface area contributed by atoms with Crippen molar-refractivity contribution >= 4 is 5.78 Å². The van der Waals surface area contributed by atoms with E-state index in [0.29, 0.717) is 11.1 Å². The van der Waals surface area contributed by atoms with E-state index in [1.54, 1.807) is 6.07 Å². The summed E-state index contributed by atoms with van der Waals surface area (Å²) in [4.78, 5) is 14.1. The Morgan fingerprint density at radius 2 is 2.52 bits per heavy atom. The van der Waals surface area contributed by atoms with E-state index in [-0.39, 0.29) is 49.5 Å². The van der Waals surface area contributed by atoms with Gasteiger partial charge in [0.05, 0.1) is 23.5 Å². The van der Waals surface area contributed by atoms with Gasteiger partial charge in [0.15, 0.2) is 23.4 Å². The molecule has 1 saturated carbocycles. The molecule has 2 bridgehead atoms. The molecule has 2 heterocycles. The highest BCUT2D eigenvalue weighted by Gasteiger charge is 2.72. The summed E-state index contributed by atoms with van der Waals surface area (Å²) < 4.78 is 74.9. The number of ether oxygens (including phenoxy) is 2. The van der Waals surface area contributed by atoms with Crippen LogP contribution in [0.4, 0.5) is 0 Å². The van der Waals surface area contributed by atoms with Crippen LogP contribution in [0.5, 0.6) is 11.5 Å². The summed E-state index contributed by atoms with van der Waals surface area (Å²) in [5.41, 5.74) is -1.85. The molecule has 23 heavy (non-hydrogen) atoms. The van der Waals surface area contributed by atoms with E-state index in [9.17, 15) is 6.17 Å². The number of methoxy groups -OCH3 is 1. The second-order valence-corrected chi connectivity index (χ2v) is 6.82. The fourth-order valence-electron chi connectivity index (χ4n) is 5.11. The van der Waals surface area contributed by atoms with Gasteiger partial charge in [-0.15, -0.1) is 0 Å². The molecule has 0 amide bonds. The second-order valence-electron chi connectivity index (χ2n) is 6.82. The minimum atomic E-state index is -2.75. The molecule has 1 spiro atoms. The largest absolute Gasteiger partial charge is 0.493 e. The third-order valence-corrected chi connectivity index (χ3v) is 6.06. The molecule has 4 atom stereocenters. The van der Waals surface area contributed by atoms with Gasteiger partial charge in [-0.05, 0) is 44.4 Å². The molecule has 122 valence electrons. The molecule has 4 aliphatic rings. The maximum atomic E-state index is 13.0. The predicted octanol–water partition coefficient (Wildman–Crippen LogP) is 1.05. The number of Topliss-reactive ketones (excluding diaryl/α,β-unsaturated/α-hetero) is 1. The zero-order valence-electron chi connectivity index (χ0n) is 20.3. The summed E-state index contributed by atoms with van der Waals surface area (Å²) in [6.45, 7) is -2.63. The van der Waals surface area contributed by atoms with Crippen molar-refractivity contribution in [3.8, 4) is 11.5 Å². The first-order chi connectivity index (χ1) is 14.3. The highest BCUT2D eigenvalue weighted by Crippen LogP contribution is 2.64. The normalized spacial score (nSPS) is 49.9. The summed E-state index contributed by atoms with van der Waals surface area (Å²) in [6, 6.07) is 1.15. The van der Waals surface area contributed by atoms with Crippen LogP contribution in [-0.2, 0) is 16.6 Å². The molecule has 2 fully saturated rings. The van der Waals surface area contributed by atoms with Gasteiger partial charge in [-0.2, -0.15) is 0 Å². The second kappa shape index (κ2) is 4.08. The Morgan fingerprint density at radius 3 is 3.35 bits per heavy atom. The van der Waals surface area contributed by atoms with Gasteiger partial charge in [-0.3, -0.25) is 4.79 Å². The first kappa shape index (κ1) is 7.99. The minimum absolute atomic E-state index is 0.00545. The lowest BCUT2D eigenvalue weighted by atomic mass is 9.49. The number of likely N-dealkylation sites (N-methyl/N-ethyl adjacent to an activating group) is 1. The third kappa shape index (κ3) is 1.32. The van der Waals surface area contributed by atoms with Crippen molar-refractivity contribution in [3.63, 3.8) is 0 Å². The zero-order chi connectivity index (χ0) is 22.6. The van der Waals surface area contributed by atoms with Crippen LogP contribution in [-0.4, -0.2) is 55.5 Å². The number of carbonyl (C=O) groups is 1. The van der Waals surface area contributed by atoms with Crippen molar-refractivity contribution in [1.82, 2.24) is 4.90 Å². The van der Waals surface area contributed by atoms with Crippen LogP contribution >= 0.6 is 0 Å². The van der Waals surface area contributed by atoms with Crippen molar-refractivity contribution in [2.45, 2.75) is 48.8 Å². The van der Waals surface area contributed by atoms with E-state index in [2.05, 4.69) is 0 Å². The van der Waals surface area contributed by atoms with Gasteiger partial charge in [0.1, 0.15) is 0 Å². The fourth-order valence-corrected chi connectivity index (χ4v) is 5.11. The van der Waals surface area contributed by atoms with Gasteiger partial charge < -0.3 is 19.5 Å². The monoisotopic (exact) mass is 323 g/mol. The third-order valence-electron chi connectivity index (χ3n) is 6.06. The highest BCUT2D eigenvalue weighted by molar-refractivity contribution is 5.90. The highest BCUT2D eigenvalue weighted by atomic mass is 16.5. The average Bonchev–Trinajstić information content (AvgIpc) is 2.98. The molecule has 1 saturated heterocycles. The Labute approximate surface area is 146 Å². The van der Waals surface area contributed by atoms with E-state index >= 15 is 0 Å². The number of aliphatic hydroxyl groups is 1. The molecule has 1 aromatic rings. The molecular formula is C18H21NO4. The van der Waals surface area contributed by atoms with Crippen LogP contribution in [0.2, 0.25) is 0 Å². The lowest BCUT2D eigenvalue weighted by Gasteiger charge is -2.62. The molecule has 5 rings (SSSR count). The van der Waals surface area contributed by atoms with Gasteiger partial charge in [0.2, 0.25) is 1.43 Å². The number of piperidine rings is 1. The molecule has 5 heteroatoms. The number of carbonyl (C=O) groups excluding carboxylic acids is 1. The van der Waals surface area contributed by atoms with Crippen LogP contribution in [0, 0.1) is 0 Å². The minimum Gasteiger partial charge on any atom is -0.493 e. The van der Waals surface area contributed by atoms with E-state index < -0.39 is 37.2 Å². The number of hydrogen-bond acceptors (Lipinski definition) is 5. The number of benzene rings is 1. The van der Waals surface area contributed by atoms with Gasteiger partial charge in [-0.25, -0.2) is 0 Å². The summed E-state index contributed by atoms with van der Waals surface area (Å²) in [6.07, 6.45) is -1.12. The number of likely N-dealkylation sites (tertiary alicyclic amines) is 1. The average molecular weight is 323 g/mol. The smallest absolute Gasteiger partial charge is 0.211 e. The van der Waals surface area contributed by atoms with Crippen LogP contribution in [0.25, 0.3) is 0 Å². The van der Waals surface area contributed by atoms with Crippen LogP contribution in [0.1, 0.15) is 40.0 Å². The number of rotatable bonds is 2. The van der Waals surface area contributed by atoms with Crippen molar-refractivity contribution in [3.05, 3.63) is 23.3 Å². The summed E-state index contributed by atoms with van der Waals surface area (Å²) >= 11 is 0. The van der Waals surface area contributed by atoms with Crippen molar-refractivity contribution in [2.75, 3.05) is 20.6 Å². The van der Waals surface area contributed by atoms with Crippen LogP contribution in [0.15, 0.2) is 12.1 Å². The molecule has 1 unspecified atom stereocenters. The molecule has 2 aliphatic carbocycles. The first-order valence-electron chi connectivity index (χ1n) is 11.7. The fraction of sp³-hybridized carbons (Fsp3) is 0.611. The summed E-state index contributed by atoms with van der Waals surface area (Å²) in [5.74, 6) is -0.189. The van der Waals surface area contributed by atoms with E-state index in [1.165, 1.54) is 6.07 Å². The van der Waals surface area contributed by atoms with E-state index in [1.807, 2.05) is 0 Å². The Bertz CT molecular complexity index is 981. The lowest BCUT2D eigenvalue weighted by molar-refractivity contribution is -0.185. The predicted molar refractivity (Wildman–Crippen MR) is 83.0 cm³/mol. The zero-order valence-corrected chi connectivity index (χ0v) is 12.3. The van der Waals surface area contributed by atoms with Crippen molar-refractivity contribution in [2.24, 2.45) is 0 Å². The molecule has 0 radical (unpaired) electrons. The van der Waals surface area contributed by atoms with Gasteiger partial charge in [0.25, 0.3) is 0 Å². The SMILES string of the molecule is [2H]O[C@@]12CCC(=O)C3Oc4c(OC([2H])([2H])[2H])ccc5c4[C@@]31CCN(C([2H])([2H])[2H])[C@]2([2H])C5. The van der Waals surface area contributed by atoms with Gasteiger partial charge >= 0.3 is 0 Å². The standard InChI is InChI=1S/C18H21NO4/c1-19-8-7-17-14-10-3-4-12(22-2)15(14)23-16(17)11(20)5-6-18(17,21)13(19)9-10/h3-4,13,16,21H,5-9H2,1-2H3/t13-,16?,17+,18-/m1/s1/i1D3,2D3,13D,21D. The Hall–Kier alpha value is -1.59. The summed E-state index contributed by atoms with van der Waals surface area (Å²) in [7, 11) is -2.75. The van der Waals surface area contributed by atoms with Gasteiger partial charge in [-0.1, -0.05) is 6.07 Å². The van der Waals surface area contributed by atoms with Crippen LogP contribution in [0.3, 0.4) is 0 Å². The Balaban J connectivity index is 1.81. The molecule has 1 aromatic carbocycles. The number of hydrogen-bond donors (Lipinski definition) is 1. The molecule has 1 N–H and O–H groups in total. The molecular weight excluding hydrogens is 294 g/mol. The maximum Gasteiger partial charge on any atom is 0.211 e. The molecule has 0 aromatic heterocycles.